The van der Waals surface area contributed by atoms with E-state index in [9.17, 15) is 22.8 Å². The molecule has 1 aliphatic rings. The molecule has 0 radical (unpaired) electrons. The average molecular weight is 638 g/mol. The highest BCUT2D eigenvalue weighted by Gasteiger charge is 2.33. The van der Waals surface area contributed by atoms with Gasteiger partial charge in [0.2, 0.25) is 5.91 Å². The molecule has 1 atom stereocenters. The van der Waals surface area contributed by atoms with Crippen molar-refractivity contribution in [1.82, 2.24) is 25.6 Å². The van der Waals surface area contributed by atoms with Crippen LogP contribution in [0.1, 0.15) is 49.4 Å². The normalized spacial score (nSPS) is 15.2. The fourth-order valence-electron chi connectivity index (χ4n) is 4.63. The smallest absolute Gasteiger partial charge is 0.406 e. The van der Waals surface area contributed by atoms with E-state index in [1.807, 2.05) is 56.3 Å². The lowest BCUT2D eigenvalue weighted by molar-refractivity contribution is -0.274. The Morgan fingerprint density at radius 3 is 2.42 bits per heavy atom. The number of hydrogen-bond donors (Lipinski definition) is 2. The second-order valence-corrected chi connectivity index (χ2v) is 11.5. The predicted octanol–water partition coefficient (Wildman–Crippen LogP) is 6.68. The number of amidine groups is 1. The molecule has 14 heteroatoms. The van der Waals surface area contributed by atoms with Crippen molar-refractivity contribution < 1.29 is 27.5 Å². The third kappa shape index (κ3) is 7.70. The van der Waals surface area contributed by atoms with Crippen LogP contribution in [0.5, 0.6) is 5.75 Å². The molecule has 5 rings (SSSR count). The Morgan fingerprint density at radius 1 is 1.04 bits per heavy atom. The Morgan fingerprint density at radius 2 is 1.76 bits per heavy atom. The van der Waals surface area contributed by atoms with Crippen LogP contribution in [0.2, 0.25) is 0 Å². The molecule has 0 spiro atoms. The standard InChI is InChI=1S/C31H30F3N7O3S/c1-18(2)25-14-5-19(3)15-26(25)41-27(42)16-45-30(41)36-29(43)38-37-20(4)21-6-8-22(9-7-21)28-35-17-40(39-28)23-10-12-24(13-11-23)44-31(32,33)34/h5-15,17-18,20,37H,16H2,1-4H3,(H,38,43). The number of anilines is 1. The van der Waals surface area contributed by atoms with Crippen molar-refractivity contribution in [3.63, 3.8) is 0 Å². The number of carbonyl (C=O) groups excluding carboxylic acids is 2. The molecular formula is C31H30F3N7O3S. The van der Waals surface area contributed by atoms with Gasteiger partial charge in [-0.1, -0.05) is 62.0 Å². The van der Waals surface area contributed by atoms with Crippen molar-refractivity contribution in [2.24, 2.45) is 4.99 Å². The zero-order valence-corrected chi connectivity index (χ0v) is 25.6. The summed E-state index contributed by atoms with van der Waals surface area (Å²) in [5, 5.41) is 4.74. The zero-order chi connectivity index (χ0) is 32.3. The number of nitrogens with one attached hydrogen (secondary N) is 2. The summed E-state index contributed by atoms with van der Waals surface area (Å²) in [7, 11) is 0. The molecule has 45 heavy (non-hydrogen) atoms. The van der Waals surface area contributed by atoms with Crippen LogP contribution >= 0.6 is 11.8 Å². The molecular weight excluding hydrogens is 607 g/mol. The number of ether oxygens (including phenoxy) is 1. The maximum Gasteiger partial charge on any atom is 0.573 e. The SMILES string of the molecule is Cc1ccc(C(C)C)c(N2C(=O)CSC2=NC(=O)NNC(C)c2ccc(-c3ncn(-c4ccc(OC(F)(F)F)cc4)n3)cc2)c1. The molecule has 4 aromatic rings. The van der Waals surface area contributed by atoms with E-state index in [1.165, 1.54) is 51.9 Å². The molecule has 1 aliphatic heterocycles. The van der Waals surface area contributed by atoms with Gasteiger partial charge in [0.1, 0.15) is 12.1 Å². The van der Waals surface area contributed by atoms with Crippen LogP contribution in [-0.2, 0) is 4.79 Å². The summed E-state index contributed by atoms with van der Waals surface area (Å²) < 4.78 is 42.6. The molecule has 234 valence electrons. The summed E-state index contributed by atoms with van der Waals surface area (Å²) in [4.78, 5) is 35.5. The number of aliphatic imine (C=N–C) groups is 1. The Kier molecular flexibility index (Phi) is 9.25. The van der Waals surface area contributed by atoms with Gasteiger partial charge >= 0.3 is 12.4 Å². The van der Waals surface area contributed by atoms with Crippen LogP contribution in [0.25, 0.3) is 17.1 Å². The van der Waals surface area contributed by atoms with E-state index in [-0.39, 0.29) is 29.4 Å². The molecule has 1 saturated heterocycles. The zero-order valence-electron chi connectivity index (χ0n) is 24.8. The number of urea groups is 1. The summed E-state index contributed by atoms with van der Waals surface area (Å²) in [6, 6.07) is 17.7. The number of nitrogens with zero attached hydrogens (tertiary/aromatic N) is 5. The highest BCUT2D eigenvalue weighted by Crippen LogP contribution is 2.34. The van der Waals surface area contributed by atoms with Gasteiger partial charge in [0, 0.05) is 11.6 Å². The number of amides is 3. The largest absolute Gasteiger partial charge is 0.573 e. The molecule has 0 bridgehead atoms. The summed E-state index contributed by atoms with van der Waals surface area (Å²) in [6.45, 7) is 7.92. The average Bonchev–Trinajstić information content (AvgIpc) is 3.62. The van der Waals surface area contributed by atoms with Gasteiger partial charge in [-0.15, -0.1) is 18.3 Å². The van der Waals surface area contributed by atoms with Crippen LogP contribution in [0.15, 0.2) is 78.0 Å². The van der Waals surface area contributed by atoms with Crippen molar-refractivity contribution in [3.8, 4) is 22.8 Å². The number of aromatic nitrogens is 3. The third-order valence-electron chi connectivity index (χ3n) is 6.90. The monoisotopic (exact) mass is 637 g/mol. The summed E-state index contributed by atoms with van der Waals surface area (Å²) >= 11 is 1.22. The van der Waals surface area contributed by atoms with E-state index in [0.29, 0.717) is 16.7 Å². The van der Waals surface area contributed by atoms with Gasteiger partial charge in [0.05, 0.1) is 17.1 Å². The molecule has 1 aromatic heterocycles. The third-order valence-corrected chi connectivity index (χ3v) is 7.83. The van der Waals surface area contributed by atoms with Crippen molar-refractivity contribution in [2.75, 3.05) is 10.7 Å². The van der Waals surface area contributed by atoms with E-state index in [0.717, 1.165) is 27.9 Å². The van der Waals surface area contributed by atoms with Crippen molar-refractivity contribution in [1.29, 1.82) is 0 Å². The number of hydrazine groups is 1. The van der Waals surface area contributed by atoms with Gasteiger partial charge in [-0.3, -0.25) is 15.1 Å². The molecule has 0 aliphatic carbocycles. The Balaban J connectivity index is 1.20. The molecule has 3 aromatic carbocycles. The van der Waals surface area contributed by atoms with E-state index < -0.39 is 12.4 Å². The fourth-order valence-corrected chi connectivity index (χ4v) is 5.48. The quantitative estimate of drug-likeness (QED) is 0.207. The van der Waals surface area contributed by atoms with Gasteiger partial charge in [-0.05, 0) is 66.8 Å². The van der Waals surface area contributed by atoms with Crippen LogP contribution < -0.4 is 20.5 Å². The first-order chi connectivity index (χ1) is 21.4. The van der Waals surface area contributed by atoms with E-state index in [2.05, 4.69) is 44.5 Å². The Hall–Kier alpha value is -4.69. The topological polar surface area (TPSA) is 114 Å². The fraction of sp³-hybridized carbons (Fsp3) is 0.258. The maximum absolute atomic E-state index is 12.8. The van der Waals surface area contributed by atoms with Crippen LogP contribution in [0.3, 0.4) is 0 Å². The Labute approximate surface area is 261 Å². The summed E-state index contributed by atoms with van der Waals surface area (Å²) in [5.41, 5.74) is 10.4. The predicted molar refractivity (Wildman–Crippen MR) is 166 cm³/mol. The van der Waals surface area contributed by atoms with Crippen LogP contribution in [0.4, 0.5) is 23.7 Å². The number of halogens is 3. The number of hydrogen-bond acceptors (Lipinski definition) is 7. The highest BCUT2D eigenvalue weighted by molar-refractivity contribution is 8.15. The number of rotatable bonds is 8. The van der Waals surface area contributed by atoms with Crippen molar-refractivity contribution in [3.05, 3.63) is 89.7 Å². The lowest BCUT2D eigenvalue weighted by Crippen LogP contribution is -2.39. The Bertz CT molecular complexity index is 1720. The van der Waals surface area contributed by atoms with Gasteiger partial charge in [0.25, 0.3) is 0 Å². The van der Waals surface area contributed by atoms with Crippen molar-refractivity contribution >= 4 is 34.6 Å². The van der Waals surface area contributed by atoms with Gasteiger partial charge < -0.3 is 4.74 Å². The molecule has 2 N–H and O–H groups in total. The number of aryl methyl sites for hydroxylation is 1. The number of alkyl halides is 3. The maximum atomic E-state index is 12.8. The van der Waals surface area contributed by atoms with Gasteiger partial charge in [0.15, 0.2) is 11.0 Å². The minimum Gasteiger partial charge on any atom is -0.406 e. The lowest BCUT2D eigenvalue weighted by Gasteiger charge is -2.22. The molecule has 10 nitrogen and oxygen atoms in total. The first kappa shape index (κ1) is 31.7. The molecule has 3 amide bonds. The number of benzene rings is 3. The van der Waals surface area contributed by atoms with E-state index >= 15 is 0 Å². The molecule has 1 unspecified atom stereocenters. The first-order valence-electron chi connectivity index (χ1n) is 14.0. The number of carbonyl (C=O) groups is 2. The molecule has 1 fully saturated rings. The second-order valence-electron chi connectivity index (χ2n) is 10.6. The minimum atomic E-state index is -4.76. The molecule has 2 heterocycles. The van der Waals surface area contributed by atoms with Crippen molar-refractivity contribution in [2.45, 2.75) is 46.0 Å². The second kappa shape index (κ2) is 13.1. The lowest BCUT2D eigenvalue weighted by atomic mass is 9.99. The van der Waals surface area contributed by atoms with E-state index in [1.54, 1.807) is 0 Å². The molecule has 0 saturated carbocycles. The minimum absolute atomic E-state index is 0.131. The summed E-state index contributed by atoms with van der Waals surface area (Å²) in [5.74, 6) is 0.337. The first-order valence-corrected chi connectivity index (χ1v) is 14.9. The number of thioether (sulfide) groups is 1. The van der Waals surface area contributed by atoms with E-state index in [4.69, 9.17) is 0 Å². The van der Waals surface area contributed by atoms with Gasteiger partial charge in [-0.25, -0.2) is 19.9 Å². The van der Waals surface area contributed by atoms with Crippen LogP contribution in [0, 0.1) is 6.92 Å². The highest BCUT2D eigenvalue weighted by atomic mass is 32.2. The van der Waals surface area contributed by atoms with Crippen LogP contribution in [-0.4, -0.2) is 44.0 Å². The van der Waals surface area contributed by atoms with Gasteiger partial charge in [-0.2, -0.15) is 4.99 Å². The summed E-state index contributed by atoms with van der Waals surface area (Å²) in [6.07, 6.45) is -3.30.